The van der Waals surface area contributed by atoms with E-state index in [1.54, 1.807) is 30.3 Å². The van der Waals surface area contributed by atoms with Crippen LogP contribution in [0.4, 0.5) is 11.4 Å². The summed E-state index contributed by atoms with van der Waals surface area (Å²) in [4.78, 5) is 24.9. The van der Waals surface area contributed by atoms with Crippen LogP contribution in [0, 0.1) is 0 Å². The number of carbonyl (C=O) groups excluding carboxylic acids is 2. The number of benzene rings is 2. The SMILES string of the molecule is COc1cc(NC(=O)C=Cc2ccccc2)ccc1NC(=O)c1cccs1. The van der Waals surface area contributed by atoms with Gasteiger partial charge < -0.3 is 15.4 Å². The van der Waals surface area contributed by atoms with Gasteiger partial charge in [-0.15, -0.1) is 11.3 Å². The highest BCUT2D eigenvalue weighted by atomic mass is 32.1. The minimum Gasteiger partial charge on any atom is -0.494 e. The highest BCUT2D eigenvalue weighted by Gasteiger charge is 2.11. The van der Waals surface area contributed by atoms with Gasteiger partial charge in [0.2, 0.25) is 5.91 Å². The maximum absolute atomic E-state index is 12.2. The van der Waals surface area contributed by atoms with Gasteiger partial charge >= 0.3 is 0 Å². The van der Waals surface area contributed by atoms with E-state index < -0.39 is 0 Å². The Morgan fingerprint density at radius 3 is 2.52 bits per heavy atom. The number of rotatable bonds is 6. The summed E-state index contributed by atoms with van der Waals surface area (Å²) < 4.78 is 5.33. The summed E-state index contributed by atoms with van der Waals surface area (Å²) in [7, 11) is 1.51. The van der Waals surface area contributed by atoms with Gasteiger partial charge in [0.15, 0.2) is 0 Å². The van der Waals surface area contributed by atoms with E-state index in [-0.39, 0.29) is 11.8 Å². The first-order valence-electron chi connectivity index (χ1n) is 8.23. The third kappa shape index (κ3) is 5.05. The lowest BCUT2D eigenvalue weighted by molar-refractivity contribution is -0.111. The molecule has 0 saturated heterocycles. The normalized spacial score (nSPS) is 10.6. The van der Waals surface area contributed by atoms with Crippen LogP contribution < -0.4 is 15.4 Å². The van der Waals surface area contributed by atoms with Gasteiger partial charge in [0.1, 0.15) is 5.75 Å². The summed E-state index contributed by atoms with van der Waals surface area (Å²) in [6.45, 7) is 0. The molecule has 0 fully saturated rings. The second-order valence-electron chi connectivity index (χ2n) is 5.58. The molecule has 2 amide bonds. The fraction of sp³-hybridized carbons (Fsp3) is 0.0476. The molecule has 0 radical (unpaired) electrons. The summed E-state index contributed by atoms with van der Waals surface area (Å²) in [6, 6.07) is 18.2. The van der Waals surface area contributed by atoms with Crippen LogP contribution in [-0.4, -0.2) is 18.9 Å². The van der Waals surface area contributed by atoms with Crippen LogP contribution in [0.5, 0.6) is 5.75 Å². The van der Waals surface area contributed by atoms with E-state index in [1.807, 2.05) is 41.8 Å². The molecule has 0 spiro atoms. The summed E-state index contributed by atoms with van der Waals surface area (Å²) in [5, 5.41) is 7.43. The van der Waals surface area contributed by atoms with E-state index in [9.17, 15) is 9.59 Å². The number of nitrogens with one attached hydrogen (secondary N) is 2. The fourth-order valence-electron chi connectivity index (χ4n) is 2.38. The second kappa shape index (κ2) is 8.82. The van der Waals surface area contributed by atoms with Crippen molar-refractivity contribution in [3.8, 4) is 5.75 Å². The zero-order valence-corrected chi connectivity index (χ0v) is 15.5. The molecule has 0 aliphatic rings. The van der Waals surface area contributed by atoms with E-state index in [2.05, 4.69) is 10.6 Å². The molecule has 6 heteroatoms. The Labute approximate surface area is 161 Å². The molecule has 136 valence electrons. The van der Waals surface area contributed by atoms with Crippen molar-refractivity contribution in [2.45, 2.75) is 0 Å². The maximum atomic E-state index is 12.2. The number of anilines is 2. The quantitative estimate of drug-likeness (QED) is 0.613. The molecule has 5 nitrogen and oxygen atoms in total. The molecule has 1 heterocycles. The van der Waals surface area contributed by atoms with Gasteiger partial charge in [-0.1, -0.05) is 36.4 Å². The van der Waals surface area contributed by atoms with E-state index >= 15 is 0 Å². The molecule has 0 unspecified atom stereocenters. The Bertz CT molecular complexity index is 951. The van der Waals surface area contributed by atoms with E-state index in [1.165, 1.54) is 24.5 Å². The predicted molar refractivity (Wildman–Crippen MR) is 109 cm³/mol. The molecule has 0 saturated carbocycles. The molecular formula is C21H18N2O3S. The minimum absolute atomic E-state index is 0.203. The first-order valence-corrected chi connectivity index (χ1v) is 9.10. The predicted octanol–water partition coefficient (Wildman–Crippen LogP) is 4.66. The minimum atomic E-state index is -0.253. The molecule has 1 aromatic heterocycles. The Kier molecular flexibility index (Phi) is 6.02. The van der Waals surface area contributed by atoms with Gasteiger partial charge in [-0.3, -0.25) is 9.59 Å². The number of hydrogen-bond donors (Lipinski definition) is 2. The molecule has 3 rings (SSSR count). The topological polar surface area (TPSA) is 67.4 Å². The van der Waals surface area contributed by atoms with Crippen LogP contribution >= 0.6 is 11.3 Å². The van der Waals surface area contributed by atoms with Gasteiger partial charge in [-0.2, -0.15) is 0 Å². The smallest absolute Gasteiger partial charge is 0.265 e. The summed E-state index contributed by atoms with van der Waals surface area (Å²) in [5.41, 5.74) is 2.05. The van der Waals surface area contributed by atoms with Crippen molar-refractivity contribution in [2.75, 3.05) is 17.7 Å². The van der Waals surface area contributed by atoms with E-state index in [0.717, 1.165) is 5.56 Å². The molecule has 2 N–H and O–H groups in total. The average molecular weight is 378 g/mol. The Hall–Kier alpha value is -3.38. The molecule has 3 aromatic rings. The number of thiophene rings is 1. The van der Waals surface area contributed by atoms with Crippen LogP contribution in [0.15, 0.2) is 72.1 Å². The van der Waals surface area contributed by atoms with Crippen LogP contribution in [0.1, 0.15) is 15.2 Å². The van der Waals surface area contributed by atoms with Gasteiger partial charge in [-0.25, -0.2) is 0 Å². The Morgan fingerprint density at radius 2 is 1.81 bits per heavy atom. The summed E-state index contributed by atoms with van der Waals surface area (Å²) >= 11 is 1.36. The highest BCUT2D eigenvalue weighted by Crippen LogP contribution is 2.28. The Morgan fingerprint density at radius 1 is 1.00 bits per heavy atom. The first-order chi connectivity index (χ1) is 13.2. The van der Waals surface area contributed by atoms with Gasteiger partial charge in [0.25, 0.3) is 5.91 Å². The van der Waals surface area contributed by atoms with Crippen LogP contribution in [0.25, 0.3) is 6.08 Å². The van der Waals surface area contributed by atoms with Crippen molar-refractivity contribution in [3.05, 3.63) is 82.6 Å². The second-order valence-corrected chi connectivity index (χ2v) is 6.53. The third-order valence-corrected chi connectivity index (χ3v) is 4.56. The van der Waals surface area contributed by atoms with E-state index in [0.29, 0.717) is 22.0 Å². The van der Waals surface area contributed by atoms with Crippen LogP contribution in [0.2, 0.25) is 0 Å². The number of ether oxygens (including phenoxy) is 1. The zero-order valence-electron chi connectivity index (χ0n) is 14.6. The molecule has 0 aliphatic carbocycles. The molecule has 27 heavy (non-hydrogen) atoms. The van der Waals surface area contributed by atoms with Gasteiger partial charge in [0, 0.05) is 17.8 Å². The molecule has 0 aliphatic heterocycles. The van der Waals surface area contributed by atoms with Crippen LogP contribution in [0.3, 0.4) is 0 Å². The molecule has 0 bridgehead atoms. The number of methoxy groups -OCH3 is 1. The van der Waals surface area contributed by atoms with Gasteiger partial charge in [0.05, 0.1) is 17.7 Å². The molecule has 2 aromatic carbocycles. The number of carbonyl (C=O) groups is 2. The largest absolute Gasteiger partial charge is 0.494 e. The standard InChI is InChI=1S/C21H18N2O3S/c1-26-18-14-16(22-20(24)12-9-15-6-3-2-4-7-15)10-11-17(18)23-21(25)19-8-5-13-27-19/h2-14H,1H3,(H,22,24)(H,23,25). The van der Waals surface area contributed by atoms with Gasteiger partial charge in [-0.05, 0) is 35.2 Å². The van der Waals surface area contributed by atoms with Crippen molar-refractivity contribution in [1.29, 1.82) is 0 Å². The Balaban J connectivity index is 1.67. The number of amides is 2. The lowest BCUT2D eigenvalue weighted by atomic mass is 10.2. The highest BCUT2D eigenvalue weighted by molar-refractivity contribution is 7.12. The fourth-order valence-corrected chi connectivity index (χ4v) is 3.00. The lowest BCUT2D eigenvalue weighted by Gasteiger charge is -2.11. The maximum Gasteiger partial charge on any atom is 0.265 e. The summed E-state index contributed by atoms with van der Waals surface area (Å²) in [5.74, 6) is 0.00639. The zero-order chi connectivity index (χ0) is 19.1. The summed E-state index contributed by atoms with van der Waals surface area (Å²) in [6.07, 6.45) is 3.20. The van der Waals surface area contributed by atoms with Crippen molar-refractivity contribution in [1.82, 2.24) is 0 Å². The molecular weight excluding hydrogens is 360 g/mol. The van der Waals surface area contributed by atoms with Crippen molar-refractivity contribution < 1.29 is 14.3 Å². The number of hydrogen-bond acceptors (Lipinski definition) is 4. The van der Waals surface area contributed by atoms with Crippen molar-refractivity contribution in [2.24, 2.45) is 0 Å². The third-order valence-electron chi connectivity index (χ3n) is 3.69. The average Bonchev–Trinajstić information content (AvgIpc) is 3.23. The first kappa shape index (κ1) is 18.4. The van der Waals surface area contributed by atoms with Crippen molar-refractivity contribution >= 4 is 40.6 Å². The van der Waals surface area contributed by atoms with Crippen molar-refractivity contribution in [3.63, 3.8) is 0 Å². The van der Waals surface area contributed by atoms with Crippen LogP contribution in [-0.2, 0) is 4.79 Å². The lowest BCUT2D eigenvalue weighted by Crippen LogP contribution is -2.12. The monoisotopic (exact) mass is 378 g/mol. The molecule has 0 atom stereocenters. The van der Waals surface area contributed by atoms with E-state index in [4.69, 9.17) is 4.74 Å².